The van der Waals surface area contributed by atoms with Gasteiger partial charge in [-0.3, -0.25) is 5.32 Å². The first-order valence-electron chi connectivity index (χ1n) is 6.41. The van der Waals surface area contributed by atoms with Gasteiger partial charge >= 0.3 is 5.97 Å². The van der Waals surface area contributed by atoms with Crippen molar-refractivity contribution in [2.45, 2.75) is 31.8 Å². The number of halogens is 1. The van der Waals surface area contributed by atoms with Crippen LogP contribution in [0.3, 0.4) is 0 Å². The molecule has 1 fully saturated rings. The quantitative estimate of drug-likeness (QED) is 0.816. The van der Waals surface area contributed by atoms with E-state index in [2.05, 4.69) is 21.2 Å². The van der Waals surface area contributed by atoms with Crippen LogP contribution in [-0.2, 0) is 9.53 Å². The fraction of sp³-hybridized carbons (Fsp3) is 0.500. The zero-order chi connectivity index (χ0) is 13.8. The fourth-order valence-electron chi connectivity index (χ4n) is 1.87. The Hall–Kier alpha value is -1.07. The summed E-state index contributed by atoms with van der Waals surface area (Å²) in [4.78, 5) is 12.0. The van der Waals surface area contributed by atoms with Crippen LogP contribution in [0.1, 0.15) is 31.4 Å². The van der Waals surface area contributed by atoms with E-state index < -0.39 is 6.04 Å². The number of methoxy groups -OCH3 is 1. The summed E-state index contributed by atoms with van der Waals surface area (Å²) in [5.74, 6) is 0.518. The van der Waals surface area contributed by atoms with Crippen LogP contribution < -0.4 is 10.1 Å². The monoisotopic (exact) mass is 327 g/mol. The lowest BCUT2D eigenvalue weighted by atomic mass is 10.1. The van der Waals surface area contributed by atoms with E-state index in [9.17, 15) is 4.79 Å². The molecule has 1 aliphatic carbocycles. The highest BCUT2D eigenvalue weighted by atomic mass is 79.9. The molecular weight excluding hydrogens is 310 g/mol. The standard InChI is InChI=1S/C14H18BrNO3/c1-3-19-14(17)13(16-10-5-6-10)9-4-7-12(18-2)11(15)8-9/h4,7-8,10,13,16H,3,5-6H2,1-2H3. The smallest absolute Gasteiger partial charge is 0.327 e. The molecule has 0 aliphatic heterocycles. The van der Waals surface area contributed by atoms with Gasteiger partial charge in [0, 0.05) is 6.04 Å². The van der Waals surface area contributed by atoms with E-state index in [4.69, 9.17) is 9.47 Å². The first-order valence-corrected chi connectivity index (χ1v) is 7.21. The van der Waals surface area contributed by atoms with Crippen molar-refractivity contribution in [1.82, 2.24) is 5.32 Å². The molecule has 1 aromatic rings. The van der Waals surface area contributed by atoms with Gasteiger partial charge < -0.3 is 9.47 Å². The van der Waals surface area contributed by atoms with Crippen molar-refractivity contribution >= 4 is 21.9 Å². The van der Waals surface area contributed by atoms with Crippen LogP contribution in [0.4, 0.5) is 0 Å². The largest absolute Gasteiger partial charge is 0.496 e. The van der Waals surface area contributed by atoms with Crippen LogP contribution >= 0.6 is 15.9 Å². The van der Waals surface area contributed by atoms with Gasteiger partial charge in [-0.05, 0) is 53.4 Å². The van der Waals surface area contributed by atoms with Crippen molar-refractivity contribution in [2.75, 3.05) is 13.7 Å². The minimum atomic E-state index is -0.408. The zero-order valence-corrected chi connectivity index (χ0v) is 12.7. The predicted octanol–water partition coefficient (Wildman–Crippen LogP) is 2.81. The molecule has 2 rings (SSSR count). The number of rotatable bonds is 6. The molecule has 1 atom stereocenters. The summed E-state index contributed by atoms with van der Waals surface area (Å²) in [5.41, 5.74) is 0.887. The van der Waals surface area contributed by atoms with Crippen molar-refractivity contribution in [3.05, 3.63) is 28.2 Å². The van der Waals surface area contributed by atoms with Crippen molar-refractivity contribution in [1.29, 1.82) is 0 Å². The lowest BCUT2D eigenvalue weighted by Gasteiger charge is -2.18. The van der Waals surface area contributed by atoms with Crippen LogP contribution in [0.25, 0.3) is 0 Å². The third-order valence-electron chi connectivity index (χ3n) is 3.01. The molecule has 1 saturated carbocycles. The van der Waals surface area contributed by atoms with E-state index in [1.807, 2.05) is 25.1 Å². The van der Waals surface area contributed by atoms with Crippen molar-refractivity contribution in [2.24, 2.45) is 0 Å². The van der Waals surface area contributed by atoms with Gasteiger partial charge in [-0.25, -0.2) is 4.79 Å². The zero-order valence-electron chi connectivity index (χ0n) is 11.1. The van der Waals surface area contributed by atoms with E-state index in [0.29, 0.717) is 12.6 Å². The number of ether oxygens (including phenoxy) is 2. The van der Waals surface area contributed by atoms with Crippen LogP contribution in [0, 0.1) is 0 Å². The fourth-order valence-corrected chi connectivity index (χ4v) is 2.43. The molecule has 0 aromatic heterocycles. The minimum absolute atomic E-state index is 0.230. The second kappa shape index (κ2) is 6.39. The van der Waals surface area contributed by atoms with E-state index in [0.717, 1.165) is 28.6 Å². The summed E-state index contributed by atoms with van der Waals surface area (Å²) in [6, 6.07) is 5.65. The molecule has 1 N–H and O–H groups in total. The number of benzene rings is 1. The van der Waals surface area contributed by atoms with Gasteiger partial charge in [0.25, 0.3) is 0 Å². The van der Waals surface area contributed by atoms with Gasteiger partial charge in [0.15, 0.2) is 0 Å². The number of hydrogen-bond donors (Lipinski definition) is 1. The third-order valence-corrected chi connectivity index (χ3v) is 3.63. The average Bonchev–Trinajstić information content (AvgIpc) is 3.20. The number of hydrogen-bond acceptors (Lipinski definition) is 4. The summed E-state index contributed by atoms with van der Waals surface area (Å²) in [6.07, 6.45) is 2.24. The van der Waals surface area contributed by atoms with Gasteiger partial charge in [-0.1, -0.05) is 6.07 Å². The van der Waals surface area contributed by atoms with Crippen molar-refractivity contribution in [3.8, 4) is 5.75 Å². The topological polar surface area (TPSA) is 47.6 Å². The first kappa shape index (κ1) is 14.3. The molecule has 0 radical (unpaired) electrons. The molecule has 104 valence electrons. The molecular formula is C14H18BrNO3. The SMILES string of the molecule is CCOC(=O)C(NC1CC1)c1ccc(OC)c(Br)c1. The predicted molar refractivity (Wildman–Crippen MR) is 76.2 cm³/mol. The highest BCUT2D eigenvalue weighted by molar-refractivity contribution is 9.10. The van der Waals surface area contributed by atoms with Crippen LogP contribution in [-0.4, -0.2) is 25.7 Å². The summed E-state index contributed by atoms with van der Waals surface area (Å²) < 4.78 is 11.2. The molecule has 19 heavy (non-hydrogen) atoms. The van der Waals surface area contributed by atoms with E-state index in [-0.39, 0.29) is 5.97 Å². The summed E-state index contributed by atoms with van der Waals surface area (Å²) >= 11 is 3.44. The van der Waals surface area contributed by atoms with Gasteiger partial charge in [0.05, 0.1) is 18.2 Å². The van der Waals surface area contributed by atoms with Crippen LogP contribution in [0.5, 0.6) is 5.75 Å². The number of esters is 1. The Labute approximate surface area is 121 Å². The Balaban J connectivity index is 2.20. The molecule has 0 amide bonds. The Bertz CT molecular complexity index is 460. The highest BCUT2D eigenvalue weighted by Gasteiger charge is 2.30. The minimum Gasteiger partial charge on any atom is -0.496 e. The Morgan fingerprint density at radius 1 is 1.53 bits per heavy atom. The summed E-state index contributed by atoms with van der Waals surface area (Å²) in [5, 5.41) is 3.32. The van der Waals surface area contributed by atoms with Crippen LogP contribution in [0.2, 0.25) is 0 Å². The molecule has 1 aliphatic rings. The van der Waals surface area contributed by atoms with E-state index >= 15 is 0 Å². The van der Waals surface area contributed by atoms with Crippen molar-refractivity contribution < 1.29 is 14.3 Å². The Kier molecular flexibility index (Phi) is 4.82. The Morgan fingerprint density at radius 3 is 2.79 bits per heavy atom. The molecule has 0 saturated heterocycles. The molecule has 1 unspecified atom stereocenters. The lowest BCUT2D eigenvalue weighted by molar-refractivity contribution is -0.145. The van der Waals surface area contributed by atoms with Gasteiger partial charge in [0.1, 0.15) is 11.8 Å². The number of carbonyl (C=O) groups excluding carboxylic acids is 1. The molecule has 0 heterocycles. The van der Waals surface area contributed by atoms with Crippen LogP contribution in [0.15, 0.2) is 22.7 Å². The molecule has 1 aromatic carbocycles. The van der Waals surface area contributed by atoms with E-state index in [1.165, 1.54) is 0 Å². The third kappa shape index (κ3) is 3.70. The second-order valence-electron chi connectivity index (χ2n) is 4.52. The first-order chi connectivity index (χ1) is 9.15. The van der Waals surface area contributed by atoms with Crippen molar-refractivity contribution in [3.63, 3.8) is 0 Å². The summed E-state index contributed by atoms with van der Waals surface area (Å²) in [6.45, 7) is 2.20. The molecule has 0 spiro atoms. The lowest BCUT2D eigenvalue weighted by Crippen LogP contribution is -2.31. The second-order valence-corrected chi connectivity index (χ2v) is 5.37. The van der Waals surface area contributed by atoms with Gasteiger partial charge in [-0.2, -0.15) is 0 Å². The normalized spacial score (nSPS) is 15.9. The number of nitrogens with one attached hydrogen (secondary N) is 1. The highest BCUT2D eigenvalue weighted by Crippen LogP contribution is 2.30. The van der Waals surface area contributed by atoms with Gasteiger partial charge in [0.2, 0.25) is 0 Å². The summed E-state index contributed by atoms with van der Waals surface area (Å²) in [7, 11) is 1.62. The maximum Gasteiger partial charge on any atom is 0.327 e. The molecule has 5 heteroatoms. The number of carbonyl (C=O) groups is 1. The maximum atomic E-state index is 12.0. The molecule has 0 bridgehead atoms. The van der Waals surface area contributed by atoms with E-state index in [1.54, 1.807) is 7.11 Å². The maximum absolute atomic E-state index is 12.0. The molecule has 4 nitrogen and oxygen atoms in total. The average molecular weight is 328 g/mol. The van der Waals surface area contributed by atoms with Gasteiger partial charge in [-0.15, -0.1) is 0 Å². The Morgan fingerprint density at radius 2 is 2.26 bits per heavy atom.